The van der Waals surface area contributed by atoms with Crippen molar-refractivity contribution in [2.24, 2.45) is 11.8 Å². The summed E-state index contributed by atoms with van der Waals surface area (Å²) in [5.41, 5.74) is 0.0113. The highest BCUT2D eigenvalue weighted by atomic mass is 35.5. The molecule has 0 bridgehead atoms. The zero-order valence-corrected chi connectivity index (χ0v) is 11.5. The van der Waals surface area contributed by atoms with Crippen molar-refractivity contribution in [3.05, 3.63) is 29.0 Å². The number of anilines is 1. The molecule has 108 valence electrons. The van der Waals surface area contributed by atoms with E-state index < -0.39 is 23.7 Å². The van der Waals surface area contributed by atoms with Crippen LogP contribution in [0.15, 0.2) is 18.2 Å². The third-order valence-electron chi connectivity index (χ3n) is 3.46. The third-order valence-corrected chi connectivity index (χ3v) is 3.70. The van der Waals surface area contributed by atoms with Gasteiger partial charge in [0.05, 0.1) is 11.6 Å². The number of hydrogen-bond donors (Lipinski definition) is 2. The van der Waals surface area contributed by atoms with E-state index in [0.717, 1.165) is 0 Å². The van der Waals surface area contributed by atoms with Gasteiger partial charge in [-0.25, -0.2) is 9.18 Å². The van der Waals surface area contributed by atoms with Crippen molar-refractivity contribution in [1.82, 2.24) is 4.90 Å². The molecule has 1 heterocycles. The van der Waals surface area contributed by atoms with E-state index in [1.54, 1.807) is 6.92 Å². The molecule has 0 radical (unpaired) electrons. The molecule has 1 aliphatic rings. The second-order valence-corrected chi connectivity index (χ2v) is 5.28. The van der Waals surface area contributed by atoms with Gasteiger partial charge in [-0.2, -0.15) is 0 Å². The first kappa shape index (κ1) is 14.6. The number of likely N-dealkylation sites (tertiary alicyclic amines) is 1. The normalized spacial score (nSPS) is 16.4. The number of halogens is 2. The number of hydrogen-bond acceptors (Lipinski definition) is 2. The van der Waals surface area contributed by atoms with Gasteiger partial charge in [0.25, 0.3) is 0 Å². The van der Waals surface area contributed by atoms with E-state index in [0.29, 0.717) is 18.1 Å². The number of rotatable bonds is 3. The lowest BCUT2D eigenvalue weighted by atomic mass is 9.87. The summed E-state index contributed by atoms with van der Waals surface area (Å²) in [5.74, 6) is -2.01. The van der Waals surface area contributed by atoms with Crippen LogP contribution in [0.1, 0.15) is 6.92 Å². The second-order valence-electron chi connectivity index (χ2n) is 4.85. The maximum Gasteiger partial charge on any atom is 0.321 e. The highest BCUT2D eigenvalue weighted by Crippen LogP contribution is 2.26. The fourth-order valence-electron chi connectivity index (χ4n) is 1.98. The van der Waals surface area contributed by atoms with Gasteiger partial charge in [0.15, 0.2) is 0 Å². The minimum atomic E-state index is -0.879. The van der Waals surface area contributed by atoms with Gasteiger partial charge in [-0.3, -0.25) is 4.79 Å². The van der Waals surface area contributed by atoms with Gasteiger partial charge in [-0.1, -0.05) is 18.5 Å². The molecule has 5 nitrogen and oxygen atoms in total. The van der Waals surface area contributed by atoms with Crippen LogP contribution in [-0.2, 0) is 4.79 Å². The molecular weight excluding hydrogens is 287 g/mol. The molecule has 2 rings (SSSR count). The average Bonchev–Trinajstić information content (AvgIpc) is 2.31. The van der Waals surface area contributed by atoms with Gasteiger partial charge in [-0.05, 0) is 18.2 Å². The van der Waals surface area contributed by atoms with Crippen LogP contribution in [0.3, 0.4) is 0 Å². The van der Waals surface area contributed by atoms with Crippen molar-refractivity contribution in [2.45, 2.75) is 6.92 Å². The van der Waals surface area contributed by atoms with Crippen LogP contribution in [0.4, 0.5) is 14.9 Å². The number of carboxylic acid groups (broad SMARTS) is 1. The standard InChI is InChI=1S/C13H14ClFN2O3/c1-7(12(18)19)8-5-17(6-8)13(20)16-11-4-9(14)2-3-10(11)15/h2-4,7-8H,5-6H2,1H3,(H,16,20)(H,18,19). The Hall–Kier alpha value is -1.82. The number of benzene rings is 1. The van der Waals surface area contributed by atoms with E-state index in [1.807, 2.05) is 0 Å². The number of carbonyl (C=O) groups is 2. The summed E-state index contributed by atoms with van der Waals surface area (Å²) < 4.78 is 13.5. The Bertz CT molecular complexity index is 546. The van der Waals surface area contributed by atoms with Gasteiger partial charge in [0.1, 0.15) is 5.82 Å². The van der Waals surface area contributed by atoms with E-state index in [-0.39, 0.29) is 11.6 Å². The predicted molar refractivity (Wildman–Crippen MR) is 72.3 cm³/mol. The lowest BCUT2D eigenvalue weighted by molar-refractivity contribution is -0.144. The van der Waals surface area contributed by atoms with E-state index in [9.17, 15) is 14.0 Å². The van der Waals surface area contributed by atoms with Gasteiger partial charge in [0.2, 0.25) is 0 Å². The van der Waals surface area contributed by atoms with Crippen molar-refractivity contribution >= 4 is 29.3 Å². The number of aliphatic carboxylic acids is 1. The van der Waals surface area contributed by atoms with Gasteiger partial charge in [-0.15, -0.1) is 0 Å². The molecule has 1 aromatic carbocycles. The Labute approximate surface area is 120 Å². The molecule has 0 saturated carbocycles. The summed E-state index contributed by atoms with van der Waals surface area (Å²) in [7, 11) is 0. The van der Waals surface area contributed by atoms with Crippen LogP contribution in [0.5, 0.6) is 0 Å². The van der Waals surface area contributed by atoms with E-state index in [2.05, 4.69) is 5.32 Å². The minimum Gasteiger partial charge on any atom is -0.481 e. The van der Waals surface area contributed by atoms with Gasteiger partial charge >= 0.3 is 12.0 Å². The lowest BCUT2D eigenvalue weighted by Gasteiger charge is -2.41. The maximum atomic E-state index is 13.5. The maximum absolute atomic E-state index is 13.5. The molecule has 0 aliphatic carbocycles. The topological polar surface area (TPSA) is 69.6 Å². The second kappa shape index (κ2) is 5.66. The van der Waals surface area contributed by atoms with Gasteiger partial charge in [0, 0.05) is 24.0 Å². The number of carbonyl (C=O) groups excluding carboxylic acids is 1. The Balaban J connectivity index is 1.92. The highest BCUT2D eigenvalue weighted by molar-refractivity contribution is 6.30. The van der Waals surface area contributed by atoms with E-state index in [4.69, 9.17) is 16.7 Å². The van der Waals surface area contributed by atoms with Gasteiger partial charge < -0.3 is 15.3 Å². The molecule has 1 atom stereocenters. The zero-order valence-electron chi connectivity index (χ0n) is 10.8. The molecule has 0 spiro atoms. The molecule has 1 unspecified atom stereocenters. The summed E-state index contributed by atoms with van der Waals surface area (Å²) >= 11 is 5.73. The van der Waals surface area contributed by atoms with Crippen LogP contribution in [0.25, 0.3) is 0 Å². The molecule has 2 N–H and O–H groups in total. The summed E-state index contributed by atoms with van der Waals surface area (Å²) in [4.78, 5) is 24.1. The monoisotopic (exact) mass is 300 g/mol. The molecule has 20 heavy (non-hydrogen) atoms. The SMILES string of the molecule is CC(C(=O)O)C1CN(C(=O)Nc2cc(Cl)ccc2F)C1. The van der Waals surface area contributed by atoms with E-state index >= 15 is 0 Å². The zero-order chi connectivity index (χ0) is 14.9. The van der Waals surface area contributed by atoms with Crippen molar-refractivity contribution in [3.8, 4) is 0 Å². The van der Waals surface area contributed by atoms with Crippen LogP contribution in [-0.4, -0.2) is 35.1 Å². The third kappa shape index (κ3) is 3.01. The fourth-order valence-corrected chi connectivity index (χ4v) is 2.16. The minimum absolute atomic E-state index is 0.0113. The van der Waals surface area contributed by atoms with Crippen molar-refractivity contribution in [1.29, 1.82) is 0 Å². The summed E-state index contributed by atoms with van der Waals surface area (Å²) in [6.07, 6.45) is 0. The Morgan fingerprint density at radius 2 is 2.15 bits per heavy atom. The quantitative estimate of drug-likeness (QED) is 0.901. The number of carboxylic acids is 1. The highest BCUT2D eigenvalue weighted by Gasteiger charge is 2.37. The Kier molecular flexibility index (Phi) is 4.13. The van der Waals surface area contributed by atoms with E-state index in [1.165, 1.54) is 23.1 Å². The van der Waals surface area contributed by atoms with Crippen LogP contribution in [0.2, 0.25) is 5.02 Å². The molecule has 1 aromatic rings. The number of urea groups is 1. The number of nitrogens with one attached hydrogen (secondary N) is 1. The largest absolute Gasteiger partial charge is 0.481 e. The van der Waals surface area contributed by atoms with Crippen molar-refractivity contribution in [3.63, 3.8) is 0 Å². The Morgan fingerprint density at radius 3 is 2.75 bits per heavy atom. The smallest absolute Gasteiger partial charge is 0.321 e. The molecule has 1 aliphatic heterocycles. The molecule has 0 aromatic heterocycles. The first-order chi connectivity index (χ1) is 9.38. The molecule has 1 saturated heterocycles. The number of amides is 2. The van der Waals surface area contributed by atoms with Crippen molar-refractivity contribution in [2.75, 3.05) is 18.4 Å². The molecule has 2 amide bonds. The van der Waals surface area contributed by atoms with Crippen LogP contribution >= 0.6 is 11.6 Å². The first-order valence-electron chi connectivity index (χ1n) is 6.12. The van der Waals surface area contributed by atoms with Crippen molar-refractivity contribution < 1.29 is 19.1 Å². The van der Waals surface area contributed by atoms with Crippen LogP contribution in [0, 0.1) is 17.7 Å². The van der Waals surface area contributed by atoms with Crippen LogP contribution < -0.4 is 5.32 Å². The summed E-state index contributed by atoms with van der Waals surface area (Å²) in [6.45, 7) is 2.31. The predicted octanol–water partition coefficient (Wildman–Crippen LogP) is 2.66. The Morgan fingerprint density at radius 1 is 1.50 bits per heavy atom. The summed E-state index contributed by atoms with van der Waals surface area (Å²) in [6, 6.07) is 3.43. The number of nitrogens with zero attached hydrogens (tertiary/aromatic N) is 1. The fraction of sp³-hybridized carbons (Fsp3) is 0.385. The first-order valence-corrected chi connectivity index (χ1v) is 6.50. The molecular formula is C13H14ClFN2O3. The summed E-state index contributed by atoms with van der Waals surface area (Å²) in [5, 5.41) is 11.6. The lowest BCUT2D eigenvalue weighted by Crippen LogP contribution is -2.54. The molecule has 7 heteroatoms. The molecule has 1 fully saturated rings. The average molecular weight is 301 g/mol.